The lowest BCUT2D eigenvalue weighted by Gasteiger charge is -2.52. The number of fused-ring (bicyclic) bond motifs is 1. The van der Waals surface area contributed by atoms with E-state index < -0.39 is 16.6 Å². The van der Waals surface area contributed by atoms with Crippen molar-refractivity contribution in [2.24, 2.45) is 5.92 Å². The third-order valence-corrected chi connectivity index (χ3v) is 18.1. The Morgan fingerprint density at radius 1 is 1.03 bits per heavy atom. The SMILES string of the molecule is CC(C)OC1=C2CCCN(CCCO[Si](C)(C)C(C)(C)C)[C@@]2(CC#CO[Si](C)(C)C(C)(C)C)C[C@@H](C)C1. The van der Waals surface area contributed by atoms with Crippen molar-refractivity contribution in [3.05, 3.63) is 11.3 Å². The number of nitrogens with zero attached hydrogens (tertiary/aromatic N) is 1. The summed E-state index contributed by atoms with van der Waals surface area (Å²) in [6.45, 7) is 32.7. The second kappa shape index (κ2) is 12.2. The molecule has 1 aliphatic heterocycles. The van der Waals surface area contributed by atoms with Gasteiger partial charge in [0.15, 0.2) is 8.32 Å². The maximum Gasteiger partial charge on any atom is 0.264 e. The van der Waals surface area contributed by atoms with Crippen molar-refractivity contribution in [1.82, 2.24) is 4.90 Å². The lowest BCUT2D eigenvalue weighted by Crippen LogP contribution is -2.56. The number of rotatable bonds is 9. The van der Waals surface area contributed by atoms with Crippen molar-refractivity contribution in [2.75, 3.05) is 19.7 Å². The standard InChI is InChI=1S/C31H59NO3Si2/c1-25(2)35-28-23-26(3)24-31(18-15-21-33-36(10,11)29(4,5)6)27(28)17-14-19-32(31)20-16-22-34-37(12,13)30(7,8)9/h25-26H,14,16-20,22-24H2,1-13H3/t26-,31-/m0/s1. The molecular formula is C31H59NO3Si2. The first kappa shape index (κ1) is 32.5. The fourth-order valence-electron chi connectivity index (χ4n) is 5.14. The second-order valence-corrected chi connectivity index (χ2v) is 24.5. The van der Waals surface area contributed by atoms with Crippen LogP contribution in [-0.2, 0) is 13.6 Å². The highest BCUT2D eigenvalue weighted by molar-refractivity contribution is 6.74. The van der Waals surface area contributed by atoms with E-state index in [0.717, 1.165) is 51.8 Å². The van der Waals surface area contributed by atoms with Crippen LogP contribution >= 0.6 is 0 Å². The number of allylic oxidation sites excluding steroid dienone is 1. The first-order chi connectivity index (χ1) is 16.8. The molecule has 0 aromatic rings. The minimum absolute atomic E-state index is 0.0547. The van der Waals surface area contributed by atoms with E-state index in [0.29, 0.717) is 5.92 Å². The van der Waals surface area contributed by atoms with E-state index in [4.69, 9.17) is 13.6 Å². The molecule has 1 aliphatic carbocycles. The molecule has 0 amide bonds. The number of hydrogen-bond donors (Lipinski definition) is 0. The fourth-order valence-corrected chi connectivity index (χ4v) is 6.86. The summed E-state index contributed by atoms with van der Waals surface area (Å²) in [5.74, 6) is 5.35. The summed E-state index contributed by atoms with van der Waals surface area (Å²) in [6.07, 6.45) is 9.78. The summed E-state index contributed by atoms with van der Waals surface area (Å²) in [5.41, 5.74) is 1.46. The van der Waals surface area contributed by atoms with Gasteiger partial charge in [0.2, 0.25) is 0 Å². The molecule has 0 unspecified atom stereocenters. The number of piperidine rings is 1. The van der Waals surface area contributed by atoms with Gasteiger partial charge in [0.1, 0.15) is 0 Å². The van der Waals surface area contributed by atoms with Crippen LogP contribution in [0.2, 0.25) is 36.3 Å². The molecule has 214 valence electrons. The summed E-state index contributed by atoms with van der Waals surface area (Å²) in [5, 5.41) is 0.403. The Kier molecular flexibility index (Phi) is 10.7. The first-order valence-electron chi connectivity index (χ1n) is 14.8. The minimum atomic E-state index is -1.90. The quantitative estimate of drug-likeness (QED) is 0.163. The molecule has 0 N–H and O–H groups in total. The predicted octanol–water partition coefficient (Wildman–Crippen LogP) is 8.71. The normalized spacial score (nSPS) is 24.0. The molecule has 1 saturated heterocycles. The van der Waals surface area contributed by atoms with Crippen molar-refractivity contribution in [3.63, 3.8) is 0 Å². The molecule has 6 heteroatoms. The molecule has 1 heterocycles. The zero-order chi connectivity index (χ0) is 28.3. The van der Waals surface area contributed by atoms with Gasteiger partial charge in [0.05, 0.1) is 23.5 Å². The molecule has 0 bridgehead atoms. The average molecular weight is 550 g/mol. The van der Waals surface area contributed by atoms with Gasteiger partial charge in [-0.15, -0.1) is 0 Å². The van der Waals surface area contributed by atoms with E-state index in [-0.39, 0.29) is 21.7 Å². The van der Waals surface area contributed by atoms with Crippen LogP contribution in [0.15, 0.2) is 11.3 Å². The zero-order valence-electron chi connectivity index (χ0n) is 26.7. The van der Waals surface area contributed by atoms with Crippen molar-refractivity contribution >= 4 is 16.6 Å². The van der Waals surface area contributed by atoms with Gasteiger partial charge in [-0.05, 0) is 93.8 Å². The Bertz CT molecular complexity index is 854. The van der Waals surface area contributed by atoms with Gasteiger partial charge in [-0.3, -0.25) is 4.90 Å². The molecule has 1 fully saturated rings. The van der Waals surface area contributed by atoms with E-state index in [1.807, 2.05) is 0 Å². The van der Waals surface area contributed by atoms with Gasteiger partial charge in [-0.1, -0.05) is 54.4 Å². The molecule has 0 spiro atoms. The van der Waals surface area contributed by atoms with Gasteiger partial charge < -0.3 is 13.6 Å². The van der Waals surface area contributed by atoms with Crippen LogP contribution in [0, 0.1) is 17.9 Å². The molecule has 37 heavy (non-hydrogen) atoms. The van der Waals surface area contributed by atoms with E-state index in [9.17, 15) is 0 Å². The highest BCUT2D eigenvalue weighted by atomic mass is 28.4. The van der Waals surface area contributed by atoms with Crippen LogP contribution < -0.4 is 0 Å². The summed E-state index contributed by atoms with van der Waals surface area (Å²) in [6, 6.07) is 0. The summed E-state index contributed by atoms with van der Waals surface area (Å²) in [4.78, 5) is 2.74. The van der Waals surface area contributed by atoms with Crippen LogP contribution in [0.1, 0.15) is 101 Å². The highest BCUT2D eigenvalue weighted by Crippen LogP contribution is 2.48. The van der Waals surface area contributed by atoms with Gasteiger partial charge in [0.25, 0.3) is 8.32 Å². The molecule has 2 rings (SSSR count). The molecule has 0 aromatic heterocycles. The molecule has 2 atom stereocenters. The fraction of sp³-hybridized carbons (Fsp3) is 0.871. The van der Waals surface area contributed by atoms with Crippen LogP contribution in [-0.4, -0.2) is 52.9 Å². The third-order valence-electron chi connectivity index (χ3n) is 9.36. The van der Waals surface area contributed by atoms with Crippen LogP contribution in [0.4, 0.5) is 0 Å². The lowest BCUT2D eigenvalue weighted by molar-refractivity contribution is 0.0334. The predicted molar refractivity (Wildman–Crippen MR) is 164 cm³/mol. The van der Waals surface area contributed by atoms with Crippen molar-refractivity contribution < 1.29 is 13.6 Å². The van der Waals surface area contributed by atoms with Gasteiger partial charge >= 0.3 is 0 Å². The summed E-state index contributed by atoms with van der Waals surface area (Å²) in [7, 11) is -3.63. The summed E-state index contributed by atoms with van der Waals surface area (Å²) >= 11 is 0. The number of hydrogen-bond acceptors (Lipinski definition) is 4. The maximum absolute atomic E-state index is 6.55. The van der Waals surface area contributed by atoms with Gasteiger partial charge in [-0.25, -0.2) is 0 Å². The lowest BCUT2D eigenvalue weighted by atomic mass is 9.68. The molecule has 2 aliphatic rings. The molecule has 0 aromatic carbocycles. The van der Waals surface area contributed by atoms with E-state index in [2.05, 4.69) is 105 Å². The first-order valence-corrected chi connectivity index (χ1v) is 20.6. The molecule has 4 nitrogen and oxygen atoms in total. The third kappa shape index (κ3) is 8.13. The van der Waals surface area contributed by atoms with Crippen molar-refractivity contribution in [2.45, 2.75) is 149 Å². The second-order valence-electron chi connectivity index (χ2n) is 15.0. The molecular weight excluding hydrogens is 491 g/mol. The minimum Gasteiger partial charge on any atom is -0.500 e. The average Bonchev–Trinajstić information content (AvgIpc) is 2.72. The molecule has 0 saturated carbocycles. The topological polar surface area (TPSA) is 30.9 Å². The highest BCUT2D eigenvalue weighted by Gasteiger charge is 2.47. The zero-order valence-corrected chi connectivity index (χ0v) is 28.7. The van der Waals surface area contributed by atoms with Crippen molar-refractivity contribution in [1.29, 1.82) is 0 Å². The van der Waals surface area contributed by atoms with Gasteiger partial charge in [0, 0.05) is 26.0 Å². The Labute approximate surface area is 232 Å². The van der Waals surface area contributed by atoms with E-state index in [1.165, 1.54) is 17.8 Å². The Morgan fingerprint density at radius 3 is 2.22 bits per heavy atom. The number of likely N-dealkylation sites (tertiary alicyclic amines) is 1. The van der Waals surface area contributed by atoms with Crippen LogP contribution in [0.25, 0.3) is 0 Å². The smallest absolute Gasteiger partial charge is 0.264 e. The number of ether oxygens (including phenoxy) is 1. The van der Waals surface area contributed by atoms with E-state index in [1.54, 1.807) is 0 Å². The maximum atomic E-state index is 6.55. The Morgan fingerprint density at radius 2 is 1.65 bits per heavy atom. The monoisotopic (exact) mass is 549 g/mol. The molecule has 0 radical (unpaired) electrons. The van der Waals surface area contributed by atoms with E-state index >= 15 is 0 Å². The largest absolute Gasteiger partial charge is 0.500 e. The Balaban J connectivity index is 2.31. The van der Waals surface area contributed by atoms with Crippen molar-refractivity contribution in [3.8, 4) is 12.0 Å². The Hall–Kier alpha value is -0.746. The summed E-state index contributed by atoms with van der Waals surface area (Å²) < 4.78 is 19.3. The van der Waals surface area contributed by atoms with Crippen LogP contribution in [0.5, 0.6) is 0 Å². The van der Waals surface area contributed by atoms with Crippen LogP contribution in [0.3, 0.4) is 0 Å². The van der Waals surface area contributed by atoms with Gasteiger partial charge in [-0.2, -0.15) is 0 Å².